The van der Waals surface area contributed by atoms with Crippen molar-refractivity contribution in [2.24, 2.45) is 5.92 Å². The van der Waals surface area contributed by atoms with Gasteiger partial charge >= 0.3 is 0 Å². The Balaban J connectivity index is 1.20. The van der Waals surface area contributed by atoms with E-state index in [-0.39, 0.29) is 22.4 Å². The van der Waals surface area contributed by atoms with Crippen molar-refractivity contribution in [3.63, 3.8) is 0 Å². The van der Waals surface area contributed by atoms with Crippen molar-refractivity contribution >= 4 is 15.7 Å². The molecule has 1 aromatic heterocycles. The Morgan fingerprint density at radius 1 is 1.12 bits per heavy atom. The minimum atomic E-state index is -3.29. The molecule has 1 N–H and O–H groups in total. The van der Waals surface area contributed by atoms with Gasteiger partial charge in [-0.1, -0.05) is 17.3 Å². The molecule has 0 aliphatic carbocycles. The Labute approximate surface area is 198 Å². The maximum absolute atomic E-state index is 13.1. The quantitative estimate of drug-likeness (QED) is 0.521. The summed E-state index contributed by atoms with van der Waals surface area (Å²) in [5.74, 6) is -0.00435. The predicted octanol–water partition coefficient (Wildman–Crippen LogP) is 3.31. The number of sulfone groups is 1. The second-order valence-electron chi connectivity index (χ2n) is 8.61. The first-order valence-corrected chi connectivity index (χ1v) is 13.1. The van der Waals surface area contributed by atoms with Gasteiger partial charge in [-0.15, -0.1) is 0 Å². The van der Waals surface area contributed by atoms with Gasteiger partial charge in [-0.05, 0) is 80.2 Å². The molecule has 0 saturated carbocycles. The number of halogens is 1. The topological polar surface area (TPSA) is 105 Å². The molecule has 1 aliphatic heterocycles. The molecule has 0 unspecified atom stereocenters. The van der Waals surface area contributed by atoms with E-state index in [0.717, 1.165) is 50.7 Å². The summed E-state index contributed by atoms with van der Waals surface area (Å²) in [6, 6.07) is 12.7. The van der Waals surface area contributed by atoms with Crippen molar-refractivity contribution in [2.45, 2.75) is 30.7 Å². The molecule has 1 saturated heterocycles. The Morgan fingerprint density at radius 3 is 2.44 bits per heavy atom. The maximum Gasteiger partial charge on any atom is 0.292 e. The lowest BCUT2D eigenvalue weighted by Crippen LogP contribution is -2.35. The number of carbonyl (C=O) groups excluding carboxylic acids is 1. The average molecular weight is 487 g/mol. The molecule has 180 valence electrons. The fourth-order valence-corrected chi connectivity index (χ4v) is 4.66. The molecule has 1 aliphatic rings. The third-order valence-electron chi connectivity index (χ3n) is 6.02. The van der Waals surface area contributed by atoms with E-state index in [0.29, 0.717) is 18.0 Å². The Kier molecular flexibility index (Phi) is 7.38. The molecule has 8 nitrogen and oxygen atoms in total. The molecule has 10 heteroatoms. The zero-order valence-electron chi connectivity index (χ0n) is 18.9. The van der Waals surface area contributed by atoms with Crippen LogP contribution in [0, 0.1) is 11.7 Å². The number of carbonyl (C=O) groups is 1. The summed E-state index contributed by atoms with van der Waals surface area (Å²) >= 11 is 0. The summed E-state index contributed by atoms with van der Waals surface area (Å²) in [7, 11) is -3.29. The molecule has 0 spiro atoms. The highest BCUT2D eigenvalue weighted by Gasteiger charge is 2.20. The number of aromatic nitrogens is 2. The van der Waals surface area contributed by atoms with Gasteiger partial charge in [0.2, 0.25) is 0 Å². The van der Waals surface area contributed by atoms with E-state index in [1.54, 1.807) is 12.1 Å². The summed E-state index contributed by atoms with van der Waals surface area (Å²) < 4.78 is 41.4. The van der Waals surface area contributed by atoms with Gasteiger partial charge in [0.15, 0.2) is 9.84 Å². The van der Waals surface area contributed by atoms with Crippen molar-refractivity contribution < 1.29 is 22.1 Å². The number of likely N-dealkylation sites (tertiary alicyclic amines) is 1. The summed E-state index contributed by atoms with van der Waals surface area (Å²) in [4.78, 5) is 19.1. The summed E-state index contributed by atoms with van der Waals surface area (Å²) in [5.41, 5.74) is 1.64. The van der Waals surface area contributed by atoms with Gasteiger partial charge < -0.3 is 9.84 Å². The Morgan fingerprint density at radius 2 is 1.79 bits per heavy atom. The van der Waals surface area contributed by atoms with Crippen LogP contribution in [0.4, 0.5) is 4.39 Å². The van der Waals surface area contributed by atoms with Crippen LogP contribution in [0.15, 0.2) is 57.9 Å². The monoisotopic (exact) mass is 486 g/mol. The normalized spacial score (nSPS) is 15.4. The summed E-state index contributed by atoms with van der Waals surface area (Å²) in [6.07, 6.45) is 4.10. The van der Waals surface area contributed by atoms with Crippen LogP contribution in [0.25, 0.3) is 11.5 Å². The van der Waals surface area contributed by atoms with E-state index in [4.69, 9.17) is 4.52 Å². The second kappa shape index (κ2) is 10.4. The average Bonchev–Trinajstić information content (AvgIpc) is 3.32. The number of benzene rings is 2. The van der Waals surface area contributed by atoms with Crippen LogP contribution in [-0.2, 0) is 16.4 Å². The van der Waals surface area contributed by atoms with Crippen LogP contribution in [0.2, 0.25) is 0 Å². The van der Waals surface area contributed by atoms with Gasteiger partial charge in [0, 0.05) is 24.9 Å². The smallest absolute Gasteiger partial charge is 0.292 e. The van der Waals surface area contributed by atoms with Gasteiger partial charge in [0.05, 0.1) is 4.90 Å². The first-order chi connectivity index (χ1) is 16.3. The summed E-state index contributed by atoms with van der Waals surface area (Å²) in [5, 5.41) is 6.58. The fraction of sp³-hybridized carbons (Fsp3) is 0.375. The molecule has 34 heavy (non-hydrogen) atoms. The van der Waals surface area contributed by atoms with Gasteiger partial charge in [0.1, 0.15) is 5.82 Å². The lowest BCUT2D eigenvalue weighted by atomic mass is 9.93. The van der Waals surface area contributed by atoms with E-state index < -0.39 is 15.7 Å². The molecule has 0 bridgehead atoms. The number of amides is 1. The zero-order chi connectivity index (χ0) is 24.1. The number of hydrogen-bond acceptors (Lipinski definition) is 7. The largest absolute Gasteiger partial charge is 0.349 e. The highest BCUT2D eigenvalue weighted by atomic mass is 32.2. The van der Waals surface area contributed by atoms with Crippen molar-refractivity contribution in [3.05, 3.63) is 65.7 Å². The maximum atomic E-state index is 13.1. The first kappa shape index (κ1) is 24.0. The van der Waals surface area contributed by atoms with Crippen molar-refractivity contribution in [3.8, 4) is 11.5 Å². The predicted molar refractivity (Wildman–Crippen MR) is 124 cm³/mol. The van der Waals surface area contributed by atoms with Gasteiger partial charge in [-0.2, -0.15) is 4.98 Å². The highest BCUT2D eigenvalue weighted by molar-refractivity contribution is 7.90. The standard InChI is InChI=1S/C24H27FN4O4S/c1-34(31,32)21-8-4-19(5-9-21)24-27-22(28-33-24)23(30)26-13-10-17-11-14-29(15-12-17)16-18-2-6-20(25)7-3-18/h2-9,17H,10-16H2,1H3,(H,26,30). The molecule has 1 amide bonds. The van der Waals surface area contributed by atoms with Crippen LogP contribution in [0.5, 0.6) is 0 Å². The number of nitrogens with one attached hydrogen (secondary N) is 1. The zero-order valence-corrected chi connectivity index (χ0v) is 19.7. The van der Waals surface area contributed by atoms with E-state index in [1.165, 1.54) is 24.3 Å². The fourth-order valence-electron chi connectivity index (χ4n) is 4.03. The van der Waals surface area contributed by atoms with Crippen LogP contribution >= 0.6 is 0 Å². The van der Waals surface area contributed by atoms with E-state index in [9.17, 15) is 17.6 Å². The van der Waals surface area contributed by atoms with Crippen molar-refractivity contribution in [2.75, 3.05) is 25.9 Å². The van der Waals surface area contributed by atoms with Gasteiger partial charge in [-0.3, -0.25) is 9.69 Å². The van der Waals surface area contributed by atoms with Crippen LogP contribution < -0.4 is 5.32 Å². The van der Waals surface area contributed by atoms with Crippen LogP contribution in [0.1, 0.15) is 35.4 Å². The van der Waals surface area contributed by atoms with E-state index in [2.05, 4.69) is 20.4 Å². The lowest BCUT2D eigenvalue weighted by Gasteiger charge is -2.32. The number of rotatable bonds is 8. The van der Waals surface area contributed by atoms with Crippen LogP contribution in [0.3, 0.4) is 0 Å². The lowest BCUT2D eigenvalue weighted by molar-refractivity contribution is 0.0934. The molecule has 0 radical (unpaired) electrons. The molecule has 2 heterocycles. The molecule has 3 aromatic rings. The van der Waals surface area contributed by atoms with Crippen molar-refractivity contribution in [1.82, 2.24) is 20.4 Å². The Hall–Kier alpha value is -3.11. The van der Waals surface area contributed by atoms with E-state index in [1.807, 2.05) is 12.1 Å². The number of hydrogen-bond donors (Lipinski definition) is 1. The molecular formula is C24H27FN4O4S. The Bertz CT molecular complexity index is 1220. The second-order valence-corrected chi connectivity index (χ2v) is 10.6. The highest BCUT2D eigenvalue weighted by Crippen LogP contribution is 2.22. The number of nitrogens with zero attached hydrogens (tertiary/aromatic N) is 3. The molecule has 4 rings (SSSR count). The van der Waals surface area contributed by atoms with Gasteiger partial charge in [0.25, 0.3) is 17.6 Å². The summed E-state index contributed by atoms with van der Waals surface area (Å²) in [6.45, 7) is 3.29. The van der Waals surface area contributed by atoms with Gasteiger partial charge in [-0.25, -0.2) is 12.8 Å². The molecule has 0 atom stereocenters. The third kappa shape index (κ3) is 6.27. The molecular weight excluding hydrogens is 459 g/mol. The van der Waals surface area contributed by atoms with E-state index >= 15 is 0 Å². The first-order valence-electron chi connectivity index (χ1n) is 11.2. The SMILES string of the molecule is CS(=O)(=O)c1ccc(-c2nc(C(=O)NCCC3CCN(Cc4ccc(F)cc4)CC3)no2)cc1. The molecule has 2 aromatic carbocycles. The number of piperidine rings is 1. The molecule has 1 fully saturated rings. The third-order valence-corrected chi connectivity index (χ3v) is 7.15. The minimum absolute atomic E-state index is 0.0590. The minimum Gasteiger partial charge on any atom is -0.349 e. The van der Waals surface area contributed by atoms with Crippen LogP contribution in [-0.4, -0.2) is 55.3 Å². The van der Waals surface area contributed by atoms with Crippen molar-refractivity contribution in [1.29, 1.82) is 0 Å².